The topological polar surface area (TPSA) is 75.2 Å². The molecule has 0 radical (unpaired) electrons. The van der Waals surface area contributed by atoms with E-state index in [1.807, 2.05) is 27.8 Å². The van der Waals surface area contributed by atoms with E-state index in [0.29, 0.717) is 12.5 Å². The van der Waals surface area contributed by atoms with Gasteiger partial charge in [0.05, 0.1) is 12.1 Å². The van der Waals surface area contributed by atoms with Gasteiger partial charge in [-0.15, -0.1) is 24.0 Å². The van der Waals surface area contributed by atoms with Gasteiger partial charge in [-0.2, -0.15) is 0 Å². The van der Waals surface area contributed by atoms with Crippen molar-refractivity contribution >= 4 is 36.0 Å². The monoisotopic (exact) mass is 498 g/mol. The zero-order chi connectivity index (χ0) is 19.8. The Morgan fingerprint density at radius 3 is 2.37 bits per heavy atom. The predicted octanol–water partition coefficient (Wildman–Crippen LogP) is 3.23. The molecule has 0 saturated carbocycles. The minimum Gasteiger partial charge on any atom is -0.444 e. The van der Waals surface area contributed by atoms with Crippen molar-refractivity contribution in [3.63, 3.8) is 0 Å². The molecule has 1 atom stereocenters. The average molecular weight is 498 g/mol. The number of amides is 1. The van der Waals surface area contributed by atoms with E-state index in [2.05, 4.69) is 34.4 Å². The third-order valence-electron chi connectivity index (χ3n) is 4.83. The maximum Gasteiger partial charge on any atom is 0.408 e. The summed E-state index contributed by atoms with van der Waals surface area (Å²) >= 11 is 0. The van der Waals surface area contributed by atoms with Crippen molar-refractivity contribution < 1.29 is 14.3 Å². The van der Waals surface area contributed by atoms with E-state index in [9.17, 15) is 4.79 Å². The molecule has 0 spiro atoms. The maximum absolute atomic E-state index is 12.3. The maximum atomic E-state index is 12.3. The van der Waals surface area contributed by atoms with Crippen LogP contribution in [-0.2, 0) is 9.47 Å². The Labute approximate surface area is 182 Å². The van der Waals surface area contributed by atoms with Crippen LogP contribution in [0.2, 0.25) is 0 Å². The average Bonchev–Trinajstić information content (AvgIpc) is 3.05. The Bertz CT molecular complexity index is 470. The number of nitrogens with zero attached hydrogens (tertiary/aromatic N) is 2. The van der Waals surface area contributed by atoms with Crippen molar-refractivity contribution in [3.8, 4) is 0 Å². The molecule has 160 valence electrons. The number of ether oxygens (including phenoxy) is 2. The highest BCUT2D eigenvalue weighted by atomic mass is 127. The van der Waals surface area contributed by atoms with E-state index in [0.717, 1.165) is 45.0 Å². The van der Waals surface area contributed by atoms with Gasteiger partial charge in [0.15, 0.2) is 5.96 Å². The quantitative estimate of drug-likeness (QED) is 0.320. The number of guanidine groups is 1. The molecule has 1 fully saturated rings. The summed E-state index contributed by atoms with van der Waals surface area (Å²) in [6, 6.07) is 0. The van der Waals surface area contributed by atoms with Crippen molar-refractivity contribution in [1.82, 2.24) is 15.5 Å². The molecule has 1 rings (SSSR count). The number of nitrogens with one attached hydrogen (secondary N) is 2. The fourth-order valence-electron chi connectivity index (χ4n) is 3.08. The third kappa shape index (κ3) is 9.32. The van der Waals surface area contributed by atoms with Crippen LogP contribution in [0.15, 0.2) is 4.99 Å². The molecule has 1 unspecified atom stereocenters. The first-order valence-corrected chi connectivity index (χ1v) is 9.65. The third-order valence-corrected chi connectivity index (χ3v) is 4.83. The van der Waals surface area contributed by atoms with Crippen LogP contribution in [0.4, 0.5) is 4.79 Å². The Balaban J connectivity index is 0.00000676. The first-order valence-electron chi connectivity index (χ1n) is 9.65. The Kier molecular flexibility index (Phi) is 11.6. The number of alkyl carbamates (subject to hydrolysis) is 1. The second-order valence-electron chi connectivity index (χ2n) is 8.13. The summed E-state index contributed by atoms with van der Waals surface area (Å²) in [4.78, 5) is 18.8. The normalized spacial score (nSPS) is 17.9. The molecule has 1 amide bonds. The van der Waals surface area contributed by atoms with Gasteiger partial charge in [0.25, 0.3) is 0 Å². The first-order chi connectivity index (χ1) is 12.1. The summed E-state index contributed by atoms with van der Waals surface area (Å²) in [7, 11) is 3.82. The van der Waals surface area contributed by atoms with Crippen LogP contribution in [0.5, 0.6) is 0 Å². The lowest BCUT2D eigenvalue weighted by Crippen LogP contribution is -2.57. The second-order valence-corrected chi connectivity index (χ2v) is 8.13. The van der Waals surface area contributed by atoms with Gasteiger partial charge < -0.3 is 25.0 Å². The largest absolute Gasteiger partial charge is 0.444 e. The fraction of sp³-hybridized carbons (Fsp3) is 0.895. The fourth-order valence-corrected chi connectivity index (χ4v) is 3.08. The SMILES string of the molecule is CCC(CC)(CNC(=NC)N(C)CC1CCOC1)NC(=O)OC(C)(C)C.I. The lowest BCUT2D eigenvalue weighted by atomic mass is 9.93. The second kappa shape index (κ2) is 11.9. The number of carbonyl (C=O) groups is 1. The van der Waals surface area contributed by atoms with Gasteiger partial charge in [-0.05, 0) is 40.0 Å². The van der Waals surface area contributed by atoms with Gasteiger partial charge in [0, 0.05) is 39.7 Å². The smallest absolute Gasteiger partial charge is 0.408 e. The molecule has 0 bridgehead atoms. The molecular formula is C19H39IN4O3. The highest BCUT2D eigenvalue weighted by Crippen LogP contribution is 2.17. The molecule has 8 heteroatoms. The first kappa shape index (κ1) is 26.2. The van der Waals surface area contributed by atoms with Crippen molar-refractivity contribution in [3.05, 3.63) is 0 Å². The molecule has 2 N–H and O–H groups in total. The zero-order valence-electron chi connectivity index (χ0n) is 18.1. The highest BCUT2D eigenvalue weighted by molar-refractivity contribution is 14.0. The summed E-state index contributed by atoms with van der Waals surface area (Å²) in [5.41, 5.74) is -0.889. The molecule has 1 aliphatic rings. The van der Waals surface area contributed by atoms with Crippen LogP contribution in [0.3, 0.4) is 0 Å². The summed E-state index contributed by atoms with van der Waals surface area (Å²) in [5.74, 6) is 1.37. The summed E-state index contributed by atoms with van der Waals surface area (Å²) in [6.07, 6.45) is 2.31. The molecule has 1 heterocycles. The van der Waals surface area contributed by atoms with E-state index < -0.39 is 5.60 Å². The Hall–Kier alpha value is -0.770. The lowest BCUT2D eigenvalue weighted by molar-refractivity contribution is 0.0448. The van der Waals surface area contributed by atoms with Crippen LogP contribution in [0, 0.1) is 5.92 Å². The molecule has 0 aromatic heterocycles. The van der Waals surface area contributed by atoms with E-state index in [-0.39, 0.29) is 35.6 Å². The number of hydrogen-bond acceptors (Lipinski definition) is 4. The number of halogens is 1. The molecule has 0 aliphatic carbocycles. The minimum atomic E-state index is -0.510. The van der Waals surface area contributed by atoms with Gasteiger partial charge in [-0.1, -0.05) is 13.8 Å². The molecule has 7 nitrogen and oxygen atoms in total. The van der Waals surface area contributed by atoms with E-state index in [1.165, 1.54) is 0 Å². The minimum absolute atomic E-state index is 0. The number of carbonyl (C=O) groups excluding carboxylic acids is 1. The molecule has 0 aromatic carbocycles. The van der Waals surface area contributed by atoms with Gasteiger partial charge in [0.1, 0.15) is 5.60 Å². The molecular weight excluding hydrogens is 459 g/mol. The molecule has 1 aliphatic heterocycles. The number of aliphatic imine (C=N–C) groups is 1. The van der Waals surface area contributed by atoms with Crippen LogP contribution < -0.4 is 10.6 Å². The van der Waals surface area contributed by atoms with Crippen molar-refractivity contribution in [2.45, 2.75) is 65.0 Å². The van der Waals surface area contributed by atoms with Gasteiger partial charge >= 0.3 is 6.09 Å². The van der Waals surface area contributed by atoms with Crippen LogP contribution in [-0.4, -0.2) is 68.5 Å². The van der Waals surface area contributed by atoms with Gasteiger partial charge in [-0.3, -0.25) is 4.99 Å². The van der Waals surface area contributed by atoms with Crippen molar-refractivity contribution in [1.29, 1.82) is 0 Å². The standard InChI is InChI=1S/C19H38N4O3.HI/c1-8-19(9-2,22-17(24)26-18(3,4)5)14-21-16(20-6)23(7)12-15-10-11-25-13-15;/h15H,8-14H2,1-7H3,(H,20,21)(H,22,24);1H. The van der Waals surface area contributed by atoms with E-state index in [4.69, 9.17) is 9.47 Å². The van der Waals surface area contributed by atoms with E-state index >= 15 is 0 Å². The van der Waals surface area contributed by atoms with Crippen LogP contribution >= 0.6 is 24.0 Å². The Morgan fingerprint density at radius 2 is 1.93 bits per heavy atom. The van der Waals surface area contributed by atoms with E-state index in [1.54, 1.807) is 7.05 Å². The molecule has 1 saturated heterocycles. The summed E-state index contributed by atoms with van der Waals surface area (Å²) in [5, 5.41) is 6.48. The van der Waals surface area contributed by atoms with Crippen molar-refractivity contribution in [2.24, 2.45) is 10.9 Å². The zero-order valence-corrected chi connectivity index (χ0v) is 20.4. The highest BCUT2D eigenvalue weighted by Gasteiger charge is 2.31. The van der Waals surface area contributed by atoms with Crippen LogP contribution in [0.1, 0.15) is 53.9 Å². The number of hydrogen-bond donors (Lipinski definition) is 2. The van der Waals surface area contributed by atoms with Crippen molar-refractivity contribution in [2.75, 3.05) is 40.4 Å². The van der Waals surface area contributed by atoms with Gasteiger partial charge in [-0.25, -0.2) is 4.79 Å². The van der Waals surface area contributed by atoms with Crippen LogP contribution in [0.25, 0.3) is 0 Å². The summed E-state index contributed by atoms with van der Waals surface area (Å²) < 4.78 is 10.9. The summed E-state index contributed by atoms with van der Waals surface area (Å²) in [6.45, 7) is 12.9. The predicted molar refractivity (Wildman–Crippen MR) is 121 cm³/mol. The number of rotatable bonds is 7. The van der Waals surface area contributed by atoms with Gasteiger partial charge in [0.2, 0.25) is 0 Å². The molecule has 0 aromatic rings. The molecule has 27 heavy (non-hydrogen) atoms. The Morgan fingerprint density at radius 1 is 1.30 bits per heavy atom. The lowest BCUT2D eigenvalue weighted by Gasteiger charge is -2.35.